The van der Waals surface area contributed by atoms with Crippen molar-refractivity contribution >= 4 is 5.78 Å². The maximum Gasteiger partial charge on any atom is 0.243 e. The predicted molar refractivity (Wildman–Crippen MR) is 61.9 cm³/mol. The number of ether oxygens (including phenoxy) is 1. The van der Waals surface area contributed by atoms with E-state index >= 15 is 0 Å². The third kappa shape index (κ3) is 1.72. The maximum atomic E-state index is 12.4. The lowest BCUT2D eigenvalue weighted by Crippen LogP contribution is -2.10. The molecule has 2 atom stereocenters. The lowest BCUT2D eigenvalue weighted by atomic mass is 10.0. The Kier molecular flexibility index (Phi) is 2.57. The van der Waals surface area contributed by atoms with Gasteiger partial charge in [0.15, 0.2) is 11.5 Å². The molecular weight excluding hydrogens is 216 g/mol. The minimum Gasteiger partial charge on any atom is -0.479 e. The highest BCUT2D eigenvalue weighted by atomic mass is 16.5. The first-order valence-corrected chi connectivity index (χ1v) is 6.22. The van der Waals surface area contributed by atoms with E-state index in [0.717, 1.165) is 0 Å². The Balaban J connectivity index is 1.83. The third-order valence-corrected chi connectivity index (χ3v) is 4.05. The molecule has 2 saturated carbocycles. The average molecular weight is 232 g/mol. The largest absolute Gasteiger partial charge is 0.479 e. The number of fused-ring (bicyclic) bond motifs is 1. The number of ketones is 1. The first kappa shape index (κ1) is 10.7. The minimum absolute atomic E-state index is 0.131. The molecule has 0 radical (unpaired) electrons. The van der Waals surface area contributed by atoms with Gasteiger partial charge in [0.2, 0.25) is 5.88 Å². The highest BCUT2D eigenvalue weighted by Gasteiger charge is 2.55. The fourth-order valence-corrected chi connectivity index (χ4v) is 3.18. The summed E-state index contributed by atoms with van der Waals surface area (Å²) in [6.07, 6.45) is 8.04. The zero-order valence-electron chi connectivity index (χ0n) is 9.93. The molecule has 2 unspecified atom stereocenters. The quantitative estimate of drug-likeness (QED) is 0.749. The molecule has 1 heterocycles. The first-order valence-electron chi connectivity index (χ1n) is 6.22. The van der Waals surface area contributed by atoms with E-state index in [0.29, 0.717) is 23.4 Å². The molecular formula is C13H16N2O2. The number of rotatable bonds is 3. The number of carbonyl (C=O) groups excluding carboxylic acids is 1. The normalized spacial score (nSPS) is 30.5. The molecule has 0 spiro atoms. The number of hydrogen-bond acceptors (Lipinski definition) is 4. The van der Waals surface area contributed by atoms with Gasteiger partial charge >= 0.3 is 0 Å². The van der Waals surface area contributed by atoms with Crippen molar-refractivity contribution in [2.75, 3.05) is 7.11 Å². The van der Waals surface area contributed by atoms with E-state index < -0.39 is 0 Å². The van der Waals surface area contributed by atoms with Gasteiger partial charge in [-0.2, -0.15) is 0 Å². The van der Waals surface area contributed by atoms with Gasteiger partial charge in [0.25, 0.3) is 0 Å². The van der Waals surface area contributed by atoms with E-state index in [1.807, 2.05) is 0 Å². The van der Waals surface area contributed by atoms with Crippen molar-refractivity contribution in [3.05, 3.63) is 18.1 Å². The van der Waals surface area contributed by atoms with Crippen LogP contribution in [-0.2, 0) is 0 Å². The van der Waals surface area contributed by atoms with Gasteiger partial charge < -0.3 is 4.74 Å². The Morgan fingerprint density at radius 1 is 1.24 bits per heavy atom. The van der Waals surface area contributed by atoms with Crippen LogP contribution in [0.1, 0.15) is 36.2 Å². The SMILES string of the molecule is COc1nccnc1C(=O)C1C2CCCCC21. The van der Waals surface area contributed by atoms with Gasteiger partial charge in [0.1, 0.15) is 0 Å². The molecule has 17 heavy (non-hydrogen) atoms. The Bertz CT molecular complexity index is 435. The highest BCUT2D eigenvalue weighted by Crippen LogP contribution is 2.56. The Morgan fingerprint density at radius 3 is 2.53 bits per heavy atom. The molecule has 1 aromatic rings. The summed E-state index contributed by atoms with van der Waals surface area (Å²) in [5.74, 6) is 1.88. The predicted octanol–water partition coefficient (Wildman–Crippen LogP) is 2.10. The van der Waals surface area contributed by atoms with Crippen molar-refractivity contribution in [1.29, 1.82) is 0 Å². The molecule has 4 nitrogen and oxygen atoms in total. The number of hydrogen-bond donors (Lipinski definition) is 0. The molecule has 0 amide bonds. The zero-order chi connectivity index (χ0) is 11.8. The van der Waals surface area contributed by atoms with Crippen LogP contribution in [0.2, 0.25) is 0 Å². The average Bonchev–Trinajstić information content (AvgIpc) is 3.12. The standard InChI is InChI=1S/C13H16N2O2/c1-17-13-11(14-6-7-15-13)12(16)10-8-4-2-3-5-9(8)10/h6-10H,2-5H2,1H3. The van der Waals surface area contributed by atoms with Crippen LogP contribution in [0.25, 0.3) is 0 Å². The van der Waals surface area contributed by atoms with Crippen molar-refractivity contribution in [3.63, 3.8) is 0 Å². The molecule has 0 bridgehead atoms. The molecule has 2 aliphatic carbocycles. The van der Waals surface area contributed by atoms with E-state index in [-0.39, 0.29) is 11.7 Å². The number of methoxy groups -OCH3 is 1. The molecule has 2 aliphatic rings. The second-order valence-corrected chi connectivity index (χ2v) is 4.92. The van der Waals surface area contributed by atoms with Crippen LogP contribution in [0.15, 0.2) is 12.4 Å². The van der Waals surface area contributed by atoms with Gasteiger partial charge in [-0.25, -0.2) is 9.97 Å². The fraction of sp³-hybridized carbons (Fsp3) is 0.615. The topological polar surface area (TPSA) is 52.1 Å². The monoisotopic (exact) mass is 232 g/mol. The molecule has 90 valence electrons. The lowest BCUT2D eigenvalue weighted by molar-refractivity contribution is 0.0947. The van der Waals surface area contributed by atoms with Crippen LogP contribution in [0, 0.1) is 17.8 Å². The second kappa shape index (κ2) is 4.09. The number of aromatic nitrogens is 2. The highest BCUT2D eigenvalue weighted by molar-refractivity contribution is 6.00. The van der Waals surface area contributed by atoms with Crippen LogP contribution < -0.4 is 4.74 Å². The molecule has 0 aliphatic heterocycles. The molecule has 0 aromatic carbocycles. The van der Waals surface area contributed by atoms with E-state index in [4.69, 9.17) is 4.74 Å². The Morgan fingerprint density at radius 2 is 1.88 bits per heavy atom. The van der Waals surface area contributed by atoms with Gasteiger partial charge in [-0.3, -0.25) is 4.79 Å². The summed E-state index contributed by atoms with van der Waals surface area (Å²) in [6, 6.07) is 0. The van der Waals surface area contributed by atoms with Crippen molar-refractivity contribution in [3.8, 4) is 5.88 Å². The van der Waals surface area contributed by atoms with Gasteiger partial charge in [0, 0.05) is 18.3 Å². The Hall–Kier alpha value is -1.45. The summed E-state index contributed by atoms with van der Waals surface area (Å²) >= 11 is 0. The summed E-state index contributed by atoms with van der Waals surface area (Å²) in [6.45, 7) is 0. The van der Waals surface area contributed by atoms with Crippen molar-refractivity contribution < 1.29 is 9.53 Å². The molecule has 2 fully saturated rings. The van der Waals surface area contributed by atoms with Crippen LogP contribution in [0.4, 0.5) is 0 Å². The number of Topliss-reactive ketones (excluding diaryl/α,β-unsaturated/α-hetero) is 1. The van der Waals surface area contributed by atoms with Crippen LogP contribution >= 0.6 is 0 Å². The van der Waals surface area contributed by atoms with E-state index in [1.165, 1.54) is 32.8 Å². The number of carbonyl (C=O) groups is 1. The van der Waals surface area contributed by atoms with E-state index in [9.17, 15) is 4.79 Å². The lowest BCUT2D eigenvalue weighted by Gasteiger charge is -2.04. The van der Waals surface area contributed by atoms with Crippen molar-refractivity contribution in [2.24, 2.45) is 17.8 Å². The van der Waals surface area contributed by atoms with Crippen LogP contribution in [0.3, 0.4) is 0 Å². The summed E-state index contributed by atoms with van der Waals surface area (Å²) in [7, 11) is 1.53. The van der Waals surface area contributed by atoms with Gasteiger partial charge in [0.05, 0.1) is 7.11 Å². The summed E-state index contributed by atoms with van der Waals surface area (Å²) in [4.78, 5) is 20.5. The molecule has 0 N–H and O–H groups in total. The smallest absolute Gasteiger partial charge is 0.243 e. The Labute approximate surface area is 100 Å². The van der Waals surface area contributed by atoms with Gasteiger partial charge in [-0.05, 0) is 24.7 Å². The minimum atomic E-state index is 0.131. The van der Waals surface area contributed by atoms with Gasteiger partial charge in [-0.1, -0.05) is 12.8 Å². The van der Waals surface area contributed by atoms with Crippen molar-refractivity contribution in [2.45, 2.75) is 25.7 Å². The van der Waals surface area contributed by atoms with E-state index in [2.05, 4.69) is 9.97 Å². The van der Waals surface area contributed by atoms with Crippen LogP contribution in [0.5, 0.6) is 5.88 Å². The summed E-state index contributed by atoms with van der Waals surface area (Å²) < 4.78 is 5.10. The molecule has 4 heteroatoms. The second-order valence-electron chi connectivity index (χ2n) is 4.92. The van der Waals surface area contributed by atoms with Crippen molar-refractivity contribution in [1.82, 2.24) is 9.97 Å². The van der Waals surface area contributed by atoms with Gasteiger partial charge in [-0.15, -0.1) is 0 Å². The van der Waals surface area contributed by atoms with E-state index in [1.54, 1.807) is 12.4 Å². The van der Waals surface area contributed by atoms with Crippen LogP contribution in [-0.4, -0.2) is 22.9 Å². The maximum absolute atomic E-state index is 12.4. The molecule has 1 aromatic heterocycles. The first-order chi connectivity index (χ1) is 8.33. The summed E-state index contributed by atoms with van der Waals surface area (Å²) in [5.41, 5.74) is 0.411. The number of nitrogens with zero attached hydrogens (tertiary/aromatic N) is 2. The zero-order valence-corrected chi connectivity index (χ0v) is 9.93. The third-order valence-electron chi connectivity index (χ3n) is 4.05. The fourth-order valence-electron chi connectivity index (χ4n) is 3.18. The molecule has 0 saturated heterocycles. The molecule has 3 rings (SSSR count). The summed E-state index contributed by atoms with van der Waals surface area (Å²) in [5, 5.41) is 0.